The number of hydrogen-bond acceptors (Lipinski definition) is 5. The van der Waals surface area contributed by atoms with Crippen molar-refractivity contribution in [2.75, 3.05) is 20.3 Å². The van der Waals surface area contributed by atoms with Crippen LogP contribution >= 0.6 is 0 Å². The number of benzene rings is 2. The second-order valence-corrected chi connectivity index (χ2v) is 7.12. The Morgan fingerprint density at radius 1 is 0.875 bits per heavy atom. The molecule has 0 saturated heterocycles. The molecule has 0 N–H and O–H groups in total. The van der Waals surface area contributed by atoms with Crippen molar-refractivity contribution in [2.24, 2.45) is 5.92 Å². The highest BCUT2D eigenvalue weighted by Gasteiger charge is 2.63. The monoisotopic (exact) mass is 454 g/mol. The summed E-state index contributed by atoms with van der Waals surface area (Å²) in [6.07, 6.45) is 0. The molecule has 3 rings (SSSR count). The molecule has 32 heavy (non-hydrogen) atoms. The molecule has 2 aromatic carbocycles. The minimum atomic E-state index is -4.66. The Morgan fingerprint density at radius 3 is 1.97 bits per heavy atom. The van der Waals surface area contributed by atoms with Gasteiger partial charge in [-0.3, -0.25) is 9.59 Å². The van der Waals surface area contributed by atoms with Gasteiger partial charge in [-0.15, -0.1) is 0 Å². The first-order valence-corrected chi connectivity index (χ1v) is 9.99. The van der Waals surface area contributed by atoms with E-state index in [2.05, 4.69) is 0 Å². The predicted octanol–water partition coefficient (Wildman–Crippen LogP) is 4.77. The van der Waals surface area contributed by atoms with E-state index in [4.69, 9.17) is 14.2 Å². The van der Waals surface area contributed by atoms with Crippen molar-refractivity contribution in [1.29, 1.82) is 0 Å². The summed E-state index contributed by atoms with van der Waals surface area (Å²) in [5.74, 6) is -15.0. The van der Waals surface area contributed by atoms with E-state index < -0.39 is 52.3 Å². The highest BCUT2D eigenvalue weighted by atomic mass is 19.3. The number of fused-ring (bicyclic) bond motifs is 2. The molecular weight excluding hydrogens is 432 g/mol. The van der Waals surface area contributed by atoms with E-state index in [1.54, 1.807) is 0 Å². The molecule has 1 aliphatic rings. The van der Waals surface area contributed by atoms with E-state index in [9.17, 15) is 9.59 Å². The third-order valence-electron chi connectivity index (χ3n) is 5.38. The van der Waals surface area contributed by atoms with Crippen molar-refractivity contribution in [3.63, 3.8) is 0 Å². The van der Waals surface area contributed by atoms with Gasteiger partial charge in [-0.1, -0.05) is 36.4 Å². The number of halogens is 4. The number of alkyl halides is 4. The molecule has 5 nitrogen and oxygen atoms in total. The topological polar surface area (TPSA) is 61.8 Å². The Hall–Kier alpha value is -3.10. The van der Waals surface area contributed by atoms with Crippen molar-refractivity contribution in [1.82, 2.24) is 0 Å². The fraction of sp³-hybridized carbons (Fsp3) is 0.391. The molecule has 1 unspecified atom stereocenters. The van der Waals surface area contributed by atoms with Crippen molar-refractivity contribution in [3.8, 4) is 5.75 Å². The first kappa shape index (κ1) is 23.6. The standard InChI is InChI=1S/C23H22F4O5/c1-4-31-20(28)19(21(29)32-5-2)17-13-9-6-7-10-14(13)22(24,25)23(26,27)15-11-8-12-16(30-3)18(15)17/h6-12,17,19H,4-5H2,1-3H3. The molecule has 0 spiro atoms. The average Bonchev–Trinajstić information content (AvgIpc) is 2.81. The van der Waals surface area contributed by atoms with E-state index >= 15 is 17.6 Å². The summed E-state index contributed by atoms with van der Waals surface area (Å²) in [7, 11) is 1.18. The van der Waals surface area contributed by atoms with Gasteiger partial charge in [-0.05, 0) is 25.5 Å². The minimum absolute atomic E-state index is 0.117. The van der Waals surface area contributed by atoms with E-state index in [1.807, 2.05) is 0 Å². The van der Waals surface area contributed by atoms with Gasteiger partial charge in [-0.2, -0.15) is 17.6 Å². The Labute approximate surface area is 182 Å². The third kappa shape index (κ3) is 3.59. The zero-order valence-electron chi connectivity index (χ0n) is 17.7. The van der Waals surface area contributed by atoms with Gasteiger partial charge >= 0.3 is 23.8 Å². The maximum atomic E-state index is 15.3. The van der Waals surface area contributed by atoms with Crippen molar-refractivity contribution < 1.29 is 41.4 Å². The molecular formula is C23H22F4O5. The Balaban J connectivity index is 2.46. The molecule has 0 fully saturated rings. The fourth-order valence-electron chi connectivity index (χ4n) is 4.04. The Morgan fingerprint density at radius 2 is 1.41 bits per heavy atom. The quantitative estimate of drug-likeness (QED) is 0.358. The summed E-state index contributed by atoms with van der Waals surface area (Å²) in [5.41, 5.74) is -2.74. The summed E-state index contributed by atoms with van der Waals surface area (Å²) in [6.45, 7) is 2.76. The van der Waals surface area contributed by atoms with Gasteiger partial charge in [0.05, 0.1) is 20.3 Å². The van der Waals surface area contributed by atoms with Gasteiger partial charge in [-0.25, -0.2) is 0 Å². The normalized spacial score (nSPS) is 18.2. The summed E-state index contributed by atoms with van der Waals surface area (Å²) in [4.78, 5) is 25.7. The minimum Gasteiger partial charge on any atom is -0.496 e. The SMILES string of the molecule is CCOC(=O)C(C(=O)OCC)C1c2ccccc2C(F)(F)C(F)(F)c2cccc(OC)c21. The molecule has 0 aromatic heterocycles. The van der Waals surface area contributed by atoms with Crippen LogP contribution in [0.5, 0.6) is 5.75 Å². The lowest BCUT2D eigenvalue weighted by atomic mass is 9.78. The van der Waals surface area contributed by atoms with Gasteiger partial charge < -0.3 is 14.2 Å². The Bertz CT molecular complexity index is 1000. The number of hydrogen-bond donors (Lipinski definition) is 0. The van der Waals surface area contributed by atoms with Crippen molar-refractivity contribution in [2.45, 2.75) is 31.6 Å². The van der Waals surface area contributed by atoms with Crippen LogP contribution in [0.4, 0.5) is 17.6 Å². The van der Waals surface area contributed by atoms with E-state index in [1.165, 1.54) is 45.2 Å². The number of ether oxygens (including phenoxy) is 3. The fourth-order valence-corrected chi connectivity index (χ4v) is 4.04. The van der Waals surface area contributed by atoms with Gasteiger partial charge in [0, 0.05) is 22.6 Å². The second kappa shape index (κ2) is 8.80. The van der Waals surface area contributed by atoms with Crippen LogP contribution in [0.15, 0.2) is 42.5 Å². The zero-order valence-corrected chi connectivity index (χ0v) is 17.7. The van der Waals surface area contributed by atoms with Crippen LogP contribution in [0, 0.1) is 5.92 Å². The first-order valence-electron chi connectivity index (χ1n) is 9.99. The maximum Gasteiger partial charge on any atom is 0.340 e. The third-order valence-corrected chi connectivity index (χ3v) is 5.38. The van der Waals surface area contributed by atoms with Gasteiger partial charge in [0.15, 0.2) is 5.92 Å². The highest BCUT2D eigenvalue weighted by Crippen LogP contribution is 2.58. The van der Waals surface area contributed by atoms with Gasteiger partial charge in [0.2, 0.25) is 0 Å². The van der Waals surface area contributed by atoms with Crippen LogP contribution in [0.2, 0.25) is 0 Å². The molecule has 0 heterocycles. The van der Waals surface area contributed by atoms with Crippen LogP contribution in [-0.4, -0.2) is 32.3 Å². The van der Waals surface area contributed by atoms with Crippen LogP contribution in [-0.2, 0) is 30.9 Å². The summed E-state index contributed by atoms with van der Waals surface area (Å²) in [5, 5.41) is 0. The molecule has 1 aliphatic carbocycles. The number of carbonyl (C=O) groups excluding carboxylic acids is 2. The van der Waals surface area contributed by atoms with E-state index in [0.29, 0.717) is 0 Å². The van der Waals surface area contributed by atoms with E-state index in [-0.39, 0.29) is 24.5 Å². The summed E-state index contributed by atoms with van der Waals surface area (Å²) < 4.78 is 76.4. The smallest absolute Gasteiger partial charge is 0.340 e. The molecule has 172 valence electrons. The lowest BCUT2D eigenvalue weighted by molar-refractivity contribution is -0.223. The molecule has 0 amide bonds. The molecule has 0 aliphatic heterocycles. The molecule has 0 bridgehead atoms. The first-order chi connectivity index (χ1) is 15.1. The molecule has 1 atom stereocenters. The van der Waals surface area contributed by atoms with Crippen molar-refractivity contribution >= 4 is 11.9 Å². The number of esters is 2. The predicted molar refractivity (Wildman–Crippen MR) is 106 cm³/mol. The van der Waals surface area contributed by atoms with Gasteiger partial charge in [0.25, 0.3) is 0 Å². The lowest BCUT2D eigenvalue weighted by Crippen LogP contribution is -2.35. The molecule has 2 aromatic rings. The van der Waals surface area contributed by atoms with Crippen LogP contribution < -0.4 is 4.74 Å². The highest BCUT2D eigenvalue weighted by molar-refractivity contribution is 5.97. The molecule has 0 saturated carbocycles. The zero-order chi connectivity index (χ0) is 23.7. The second-order valence-electron chi connectivity index (χ2n) is 7.12. The lowest BCUT2D eigenvalue weighted by Gasteiger charge is -2.28. The van der Waals surface area contributed by atoms with E-state index in [0.717, 1.165) is 18.2 Å². The largest absolute Gasteiger partial charge is 0.496 e. The van der Waals surface area contributed by atoms with Crippen molar-refractivity contribution in [3.05, 3.63) is 64.7 Å². The Kier molecular flexibility index (Phi) is 6.48. The number of carbonyl (C=O) groups is 2. The van der Waals surface area contributed by atoms with Crippen LogP contribution in [0.3, 0.4) is 0 Å². The average molecular weight is 454 g/mol. The summed E-state index contributed by atoms with van der Waals surface area (Å²) >= 11 is 0. The maximum absolute atomic E-state index is 15.3. The summed E-state index contributed by atoms with van der Waals surface area (Å²) in [6, 6.07) is 7.92. The van der Waals surface area contributed by atoms with Crippen LogP contribution in [0.1, 0.15) is 42.0 Å². The number of rotatable bonds is 6. The van der Waals surface area contributed by atoms with Crippen LogP contribution in [0.25, 0.3) is 0 Å². The molecule has 0 radical (unpaired) electrons. The number of methoxy groups -OCH3 is 1. The molecule has 9 heteroatoms. The van der Waals surface area contributed by atoms with Gasteiger partial charge in [0.1, 0.15) is 5.75 Å².